The van der Waals surface area contributed by atoms with E-state index >= 15 is 0 Å². The van der Waals surface area contributed by atoms with Gasteiger partial charge in [0.05, 0.1) is 7.11 Å². The first-order valence-corrected chi connectivity index (χ1v) is 8.39. The van der Waals surface area contributed by atoms with Gasteiger partial charge in [-0.25, -0.2) is 0 Å². The van der Waals surface area contributed by atoms with E-state index in [9.17, 15) is 0 Å². The first-order chi connectivity index (χ1) is 10.2. The van der Waals surface area contributed by atoms with Crippen LogP contribution in [-0.4, -0.2) is 31.1 Å². The van der Waals surface area contributed by atoms with Crippen molar-refractivity contribution in [3.05, 3.63) is 29.3 Å². The highest BCUT2D eigenvalue weighted by atomic mass is 16.5. The van der Waals surface area contributed by atoms with E-state index < -0.39 is 0 Å². The summed E-state index contributed by atoms with van der Waals surface area (Å²) in [7, 11) is 1.73. The van der Waals surface area contributed by atoms with Crippen molar-refractivity contribution in [3.63, 3.8) is 0 Å². The van der Waals surface area contributed by atoms with E-state index in [1.165, 1.54) is 43.4 Å². The summed E-state index contributed by atoms with van der Waals surface area (Å²) in [6, 6.07) is 7.01. The van der Waals surface area contributed by atoms with Crippen molar-refractivity contribution in [1.82, 2.24) is 4.90 Å². The molecule has 116 valence electrons. The average Bonchev–Trinajstić information content (AvgIpc) is 2.47. The fraction of sp³-hybridized carbons (Fsp3) is 0.667. The summed E-state index contributed by atoms with van der Waals surface area (Å²) in [6.07, 6.45) is 6.52. The molecule has 0 aliphatic heterocycles. The third kappa shape index (κ3) is 2.95. The van der Waals surface area contributed by atoms with Gasteiger partial charge in [-0.05, 0) is 61.4 Å². The van der Waals surface area contributed by atoms with E-state index in [1.807, 2.05) is 6.07 Å². The Morgan fingerprint density at radius 1 is 1.29 bits per heavy atom. The molecule has 0 bridgehead atoms. The lowest BCUT2D eigenvalue weighted by Crippen LogP contribution is -2.47. The Morgan fingerprint density at radius 3 is 2.71 bits per heavy atom. The van der Waals surface area contributed by atoms with Gasteiger partial charge < -0.3 is 10.5 Å². The van der Waals surface area contributed by atoms with Gasteiger partial charge in [-0.3, -0.25) is 4.90 Å². The van der Waals surface area contributed by atoms with Crippen molar-refractivity contribution in [2.75, 3.05) is 20.2 Å². The van der Waals surface area contributed by atoms with E-state index in [1.54, 1.807) is 7.11 Å². The van der Waals surface area contributed by atoms with Crippen LogP contribution in [0.2, 0.25) is 0 Å². The van der Waals surface area contributed by atoms with Gasteiger partial charge in [0.1, 0.15) is 5.75 Å². The van der Waals surface area contributed by atoms with Crippen LogP contribution >= 0.6 is 0 Å². The molecule has 0 spiro atoms. The van der Waals surface area contributed by atoms with Crippen LogP contribution in [0.4, 0.5) is 0 Å². The lowest BCUT2D eigenvalue weighted by molar-refractivity contribution is 0.112. The molecular weight excluding hydrogens is 260 g/mol. The van der Waals surface area contributed by atoms with Crippen LogP contribution in [0, 0.1) is 5.92 Å². The largest absolute Gasteiger partial charge is 0.497 e. The van der Waals surface area contributed by atoms with Gasteiger partial charge in [0.2, 0.25) is 0 Å². The van der Waals surface area contributed by atoms with Gasteiger partial charge in [-0.15, -0.1) is 0 Å². The number of likely N-dealkylation sites (N-methyl/N-ethyl adjacent to an activating group) is 1. The fourth-order valence-electron chi connectivity index (χ4n) is 3.86. The molecule has 2 aliphatic rings. The zero-order valence-corrected chi connectivity index (χ0v) is 13.3. The maximum atomic E-state index is 6.61. The molecule has 2 unspecified atom stereocenters. The monoisotopic (exact) mass is 288 g/mol. The van der Waals surface area contributed by atoms with Crippen molar-refractivity contribution in [3.8, 4) is 5.75 Å². The van der Waals surface area contributed by atoms with E-state index in [0.29, 0.717) is 6.04 Å². The zero-order chi connectivity index (χ0) is 14.8. The molecule has 0 saturated heterocycles. The summed E-state index contributed by atoms with van der Waals surface area (Å²) in [5.74, 6) is 1.86. The highest BCUT2D eigenvalue weighted by molar-refractivity contribution is 5.40. The smallest absolute Gasteiger partial charge is 0.119 e. The predicted molar refractivity (Wildman–Crippen MR) is 86.6 cm³/mol. The number of nitrogens with zero attached hydrogens (tertiary/aromatic N) is 1. The van der Waals surface area contributed by atoms with Crippen LogP contribution < -0.4 is 10.5 Å². The molecule has 1 aromatic carbocycles. The van der Waals surface area contributed by atoms with Crippen LogP contribution in [0.5, 0.6) is 5.75 Å². The third-order valence-electron chi connectivity index (χ3n) is 5.43. The molecule has 1 saturated carbocycles. The van der Waals surface area contributed by atoms with Crippen molar-refractivity contribution >= 4 is 0 Å². The quantitative estimate of drug-likeness (QED) is 0.904. The van der Waals surface area contributed by atoms with Gasteiger partial charge in [-0.1, -0.05) is 19.4 Å². The summed E-state index contributed by atoms with van der Waals surface area (Å²) < 4.78 is 5.33. The number of hydrogen-bond acceptors (Lipinski definition) is 3. The minimum absolute atomic E-state index is 0.139. The number of aryl methyl sites for hydroxylation is 1. The molecule has 2 atom stereocenters. The zero-order valence-electron chi connectivity index (χ0n) is 13.3. The molecule has 3 rings (SSSR count). The van der Waals surface area contributed by atoms with Gasteiger partial charge in [-0.2, -0.15) is 0 Å². The molecule has 21 heavy (non-hydrogen) atoms. The molecule has 1 fully saturated rings. The second-order valence-electron chi connectivity index (χ2n) is 6.58. The van der Waals surface area contributed by atoms with Crippen LogP contribution in [0.15, 0.2) is 18.2 Å². The normalized spacial score (nSPS) is 25.5. The van der Waals surface area contributed by atoms with Crippen LogP contribution in [0.25, 0.3) is 0 Å². The van der Waals surface area contributed by atoms with Crippen LogP contribution in [0.3, 0.4) is 0 Å². The number of methoxy groups -OCH3 is 1. The number of nitrogens with two attached hydrogens (primary N) is 1. The first kappa shape index (κ1) is 14.9. The highest BCUT2D eigenvalue weighted by Gasteiger charge is 2.32. The van der Waals surface area contributed by atoms with Crippen molar-refractivity contribution in [2.45, 2.75) is 51.1 Å². The number of ether oxygens (including phenoxy) is 1. The van der Waals surface area contributed by atoms with E-state index in [-0.39, 0.29) is 6.04 Å². The Hall–Kier alpha value is -1.06. The Labute approximate surface area is 128 Å². The number of benzene rings is 1. The maximum Gasteiger partial charge on any atom is 0.119 e. The van der Waals surface area contributed by atoms with Crippen LogP contribution in [0.1, 0.15) is 49.8 Å². The first-order valence-electron chi connectivity index (χ1n) is 8.39. The minimum Gasteiger partial charge on any atom is -0.497 e. The topological polar surface area (TPSA) is 38.5 Å². The standard InChI is InChI=1S/C18H28N2O/c1-3-20(12-13-5-4-6-13)17-10-7-14-11-15(21-2)8-9-16(14)18(17)19/h8-9,11,13,17-18H,3-7,10,12,19H2,1-2H3. The minimum atomic E-state index is 0.139. The Bertz CT molecular complexity index is 484. The summed E-state index contributed by atoms with van der Waals surface area (Å²) >= 11 is 0. The fourth-order valence-corrected chi connectivity index (χ4v) is 3.86. The van der Waals surface area contributed by atoms with Crippen LogP contribution in [-0.2, 0) is 6.42 Å². The molecule has 1 aromatic rings. The number of hydrogen-bond donors (Lipinski definition) is 1. The van der Waals surface area contributed by atoms with Gasteiger partial charge in [0.15, 0.2) is 0 Å². The van der Waals surface area contributed by atoms with Crippen molar-refractivity contribution in [1.29, 1.82) is 0 Å². The Morgan fingerprint density at radius 2 is 2.10 bits per heavy atom. The van der Waals surface area contributed by atoms with Gasteiger partial charge in [0.25, 0.3) is 0 Å². The number of rotatable bonds is 5. The molecular formula is C18H28N2O. The lowest BCUT2D eigenvalue weighted by atomic mass is 9.81. The molecule has 3 nitrogen and oxygen atoms in total. The van der Waals surface area contributed by atoms with E-state index in [0.717, 1.165) is 24.6 Å². The Kier molecular flexibility index (Phi) is 4.51. The molecule has 0 aromatic heterocycles. The molecule has 0 amide bonds. The summed E-state index contributed by atoms with van der Waals surface area (Å²) in [4.78, 5) is 2.63. The summed E-state index contributed by atoms with van der Waals surface area (Å²) in [6.45, 7) is 4.62. The molecule has 2 N–H and O–H groups in total. The number of fused-ring (bicyclic) bond motifs is 1. The van der Waals surface area contributed by atoms with Crippen molar-refractivity contribution in [2.24, 2.45) is 11.7 Å². The summed E-state index contributed by atoms with van der Waals surface area (Å²) in [5, 5.41) is 0. The molecule has 2 aliphatic carbocycles. The molecule has 3 heteroatoms. The lowest BCUT2D eigenvalue weighted by Gasteiger charge is -2.42. The van der Waals surface area contributed by atoms with Gasteiger partial charge in [0, 0.05) is 18.6 Å². The predicted octanol–water partition coefficient (Wildman–Crippen LogP) is 3.13. The molecule has 0 heterocycles. The van der Waals surface area contributed by atoms with Gasteiger partial charge >= 0.3 is 0 Å². The third-order valence-corrected chi connectivity index (χ3v) is 5.43. The molecule has 0 radical (unpaired) electrons. The SMILES string of the molecule is CCN(CC1CCC1)C1CCc2cc(OC)ccc2C1N. The van der Waals surface area contributed by atoms with E-state index in [4.69, 9.17) is 10.5 Å². The summed E-state index contributed by atoms with van der Waals surface area (Å²) in [5.41, 5.74) is 9.30. The highest BCUT2D eigenvalue weighted by Crippen LogP contribution is 2.35. The maximum absolute atomic E-state index is 6.61. The van der Waals surface area contributed by atoms with E-state index in [2.05, 4.69) is 24.0 Å². The Balaban J connectivity index is 1.75. The second kappa shape index (κ2) is 6.37. The van der Waals surface area contributed by atoms with Crippen molar-refractivity contribution < 1.29 is 4.74 Å². The average molecular weight is 288 g/mol. The second-order valence-corrected chi connectivity index (χ2v) is 6.58.